The molecule has 0 radical (unpaired) electrons. The zero-order valence-corrected chi connectivity index (χ0v) is 22.6. The topological polar surface area (TPSA) is 66.5 Å². The number of unbranched alkanes of at least 4 members (excludes halogenated alkanes) is 2. The number of nitrogens with one attached hydrogen (secondary N) is 2. The number of methoxy groups -OCH3 is 1. The van der Waals surface area contributed by atoms with Crippen LogP contribution < -0.4 is 15.4 Å². The molecule has 0 unspecified atom stereocenters. The standard InChI is InChI=1S/C28H34N4O2S2/c1-3-4-8-15-29-28(35)32-16-13-21(14-17-32)27-31-25(19-36-27)26(33)30-24-18-22(34-2)11-12-23(24)20-9-6-5-7-10-20/h5-7,9-12,18-19,21H,3-4,8,13-17H2,1-2H3,(H,29,35)(H,30,33). The minimum atomic E-state index is -0.210. The molecule has 0 spiro atoms. The fourth-order valence-electron chi connectivity index (χ4n) is 4.40. The fraction of sp³-hybridized carbons (Fsp3) is 0.393. The lowest BCUT2D eigenvalue weighted by molar-refractivity contribution is 0.102. The molecule has 1 fully saturated rings. The summed E-state index contributed by atoms with van der Waals surface area (Å²) in [7, 11) is 1.62. The average molecular weight is 523 g/mol. The molecule has 0 saturated carbocycles. The van der Waals surface area contributed by atoms with E-state index in [2.05, 4.69) is 22.5 Å². The second kappa shape index (κ2) is 12.8. The summed E-state index contributed by atoms with van der Waals surface area (Å²) < 4.78 is 5.39. The number of carbonyl (C=O) groups excluding carboxylic acids is 1. The third-order valence-electron chi connectivity index (χ3n) is 6.50. The van der Waals surface area contributed by atoms with Crippen molar-refractivity contribution in [2.24, 2.45) is 0 Å². The first kappa shape index (κ1) is 26.1. The highest BCUT2D eigenvalue weighted by molar-refractivity contribution is 7.80. The molecular weight excluding hydrogens is 488 g/mol. The van der Waals surface area contributed by atoms with Gasteiger partial charge in [-0.2, -0.15) is 0 Å². The maximum absolute atomic E-state index is 13.1. The number of hydrogen-bond donors (Lipinski definition) is 2. The van der Waals surface area contributed by atoms with Gasteiger partial charge in [0.15, 0.2) is 5.11 Å². The van der Waals surface area contributed by atoms with Gasteiger partial charge in [-0.05, 0) is 49.2 Å². The Kier molecular flexibility index (Phi) is 9.30. The van der Waals surface area contributed by atoms with Gasteiger partial charge in [-0.3, -0.25) is 4.79 Å². The van der Waals surface area contributed by atoms with E-state index in [1.807, 2.05) is 53.9 Å². The van der Waals surface area contributed by atoms with E-state index in [9.17, 15) is 4.79 Å². The zero-order valence-electron chi connectivity index (χ0n) is 21.0. The Labute approximate surface area is 223 Å². The monoisotopic (exact) mass is 522 g/mol. The highest BCUT2D eigenvalue weighted by atomic mass is 32.1. The predicted molar refractivity (Wildman–Crippen MR) is 152 cm³/mol. The summed E-state index contributed by atoms with van der Waals surface area (Å²) in [5.41, 5.74) is 3.12. The number of amides is 1. The van der Waals surface area contributed by atoms with Gasteiger partial charge in [-0.15, -0.1) is 11.3 Å². The normalized spacial score (nSPS) is 13.9. The van der Waals surface area contributed by atoms with Crippen molar-refractivity contribution in [1.29, 1.82) is 0 Å². The molecule has 36 heavy (non-hydrogen) atoms. The molecule has 2 aromatic carbocycles. The van der Waals surface area contributed by atoms with Crippen molar-refractivity contribution in [1.82, 2.24) is 15.2 Å². The molecule has 190 valence electrons. The molecule has 1 saturated heterocycles. The number of thiazole rings is 1. The van der Waals surface area contributed by atoms with Gasteiger partial charge in [0.05, 0.1) is 17.8 Å². The van der Waals surface area contributed by atoms with Crippen molar-refractivity contribution >= 4 is 40.3 Å². The number of nitrogens with zero attached hydrogens (tertiary/aromatic N) is 2. The summed E-state index contributed by atoms with van der Waals surface area (Å²) in [4.78, 5) is 20.1. The van der Waals surface area contributed by atoms with Gasteiger partial charge in [0.25, 0.3) is 5.91 Å². The molecule has 0 aliphatic carbocycles. The molecule has 8 heteroatoms. The van der Waals surface area contributed by atoms with Crippen LogP contribution in [-0.2, 0) is 0 Å². The quantitative estimate of drug-likeness (QED) is 0.253. The van der Waals surface area contributed by atoms with Crippen LogP contribution in [0.15, 0.2) is 53.9 Å². The van der Waals surface area contributed by atoms with E-state index in [1.54, 1.807) is 18.4 Å². The maximum atomic E-state index is 13.1. The van der Waals surface area contributed by atoms with Crippen molar-refractivity contribution in [3.63, 3.8) is 0 Å². The van der Waals surface area contributed by atoms with Crippen LogP contribution in [-0.4, -0.2) is 47.6 Å². The summed E-state index contributed by atoms with van der Waals surface area (Å²) in [6.07, 6.45) is 5.56. The zero-order chi connectivity index (χ0) is 25.3. The van der Waals surface area contributed by atoms with Crippen LogP contribution in [0.25, 0.3) is 11.1 Å². The van der Waals surface area contributed by atoms with Gasteiger partial charge in [0, 0.05) is 42.6 Å². The largest absolute Gasteiger partial charge is 0.497 e. The Morgan fingerprint density at radius 3 is 2.67 bits per heavy atom. The lowest BCUT2D eigenvalue weighted by Crippen LogP contribution is -2.44. The summed E-state index contributed by atoms with van der Waals surface area (Å²) in [6, 6.07) is 15.7. The molecule has 1 aliphatic rings. The molecule has 2 N–H and O–H groups in total. The maximum Gasteiger partial charge on any atom is 0.275 e. The highest BCUT2D eigenvalue weighted by Crippen LogP contribution is 2.33. The number of thiocarbonyl (C=S) groups is 1. The number of carbonyl (C=O) groups is 1. The second-order valence-electron chi connectivity index (χ2n) is 9.00. The van der Waals surface area contributed by atoms with Gasteiger partial charge < -0.3 is 20.3 Å². The van der Waals surface area contributed by atoms with Gasteiger partial charge in [0.2, 0.25) is 0 Å². The van der Waals surface area contributed by atoms with Crippen molar-refractivity contribution < 1.29 is 9.53 Å². The molecule has 0 atom stereocenters. The lowest BCUT2D eigenvalue weighted by Gasteiger charge is -2.33. The highest BCUT2D eigenvalue weighted by Gasteiger charge is 2.25. The minimum Gasteiger partial charge on any atom is -0.497 e. The van der Waals surface area contributed by atoms with Crippen LogP contribution in [0.1, 0.15) is 60.4 Å². The van der Waals surface area contributed by atoms with E-state index < -0.39 is 0 Å². The number of ether oxygens (including phenoxy) is 1. The van der Waals surface area contributed by atoms with E-state index in [4.69, 9.17) is 21.9 Å². The van der Waals surface area contributed by atoms with E-state index >= 15 is 0 Å². The Hall–Kier alpha value is -2.97. The summed E-state index contributed by atoms with van der Waals surface area (Å²) >= 11 is 7.15. The molecular formula is C28H34N4O2S2. The van der Waals surface area contributed by atoms with E-state index in [0.717, 1.165) is 60.1 Å². The van der Waals surface area contributed by atoms with Crippen molar-refractivity contribution in [2.45, 2.75) is 44.9 Å². The van der Waals surface area contributed by atoms with Gasteiger partial charge in [-0.1, -0.05) is 50.1 Å². The van der Waals surface area contributed by atoms with Gasteiger partial charge in [-0.25, -0.2) is 4.98 Å². The Morgan fingerprint density at radius 1 is 1.17 bits per heavy atom. The number of aromatic nitrogens is 1. The Balaban J connectivity index is 1.37. The number of hydrogen-bond acceptors (Lipinski definition) is 5. The number of anilines is 1. The summed E-state index contributed by atoms with van der Waals surface area (Å²) in [6.45, 7) is 4.97. The molecule has 2 heterocycles. The van der Waals surface area contributed by atoms with E-state index in [-0.39, 0.29) is 5.91 Å². The van der Waals surface area contributed by atoms with E-state index in [1.165, 1.54) is 12.8 Å². The summed E-state index contributed by atoms with van der Waals surface area (Å²) in [5.74, 6) is 0.832. The van der Waals surface area contributed by atoms with Crippen LogP contribution in [0.3, 0.4) is 0 Å². The van der Waals surface area contributed by atoms with Crippen molar-refractivity contribution in [2.75, 3.05) is 32.1 Å². The molecule has 1 aliphatic heterocycles. The van der Waals surface area contributed by atoms with Gasteiger partial charge in [0.1, 0.15) is 11.4 Å². The lowest BCUT2D eigenvalue weighted by atomic mass is 9.98. The fourth-order valence-corrected chi connectivity index (χ4v) is 5.66. The Morgan fingerprint density at radius 2 is 1.94 bits per heavy atom. The predicted octanol–water partition coefficient (Wildman–Crippen LogP) is 6.32. The first-order valence-electron chi connectivity index (χ1n) is 12.6. The van der Waals surface area contributed by atoms with Crippen LogP contribution >= 0.6 is 23.6 Å². The van der Waals surface area contributed by atoms with Crippen LogP contribution in [0.5, 0.6) is 5.75 Å². The second-order valence-corrected chi connectivity index (χ2v) is 10.3. The molecule has 1 aromatic heterocycles. The SMILES string of the molecule is CCCCCNC(=S)N1CCC(c2nc(C(=O)Nc3cc(OC)ccc3-c3ccccc3)cs2)CC1. The van der Waals surface area contributed by atoms with E-state index in [0.29, 0.717) is 23.0 Å². The number of piperidine rings is 1. The van der Waals surface area contributed by atoms with Crippen molar-refractivity contribution in [3.8, 4) is 16.9 Å². The number of benzene rings is 2. The summed E-state index contributed by atoms with van der Waals surface area (Å²) in [5, 5.41) is 10.2. The van der Waals surface area contributed by atoms with Crippen LogP contribution in [0.4, 0.5) is 5.69 Å². The minimum absolute atomic E-state index is 0.210. The Bertz CT molecular complexity index is 1160. The molecule has 6 nitrogen and oxygen atoms in total. The van der Waals surface area contributed by atoms with Crippen LogP contribution in [0.2, 0.25) is 0 Å². The molecule has 4 rings (SSSR count). The smallest absolute Gasteiger partial charge is 0.275 e. The average Bonchev–Trinajstić information content (AvgIpc) is 3.42. The third-order valence-corrected chi connectivity index (χ3v) is 7.91. The third kappa shape index (κ3) is 6.62. The molecule has 0 bridgehead atoms. The molecule has 1 amide bonds. The van der Waals surface area contributed by atoms with Gasteiger partial charge >= 0.3 is 0 Å². The number of rotatable bonds is 9. The van der Waals surface area contributed by atoms with Crippen molar-refractivity contribution in [3.05, 3.63) is 64.6 Å². The first-order valence-corrected chi connectivity index (χ1v) is 13.9. The van der Waals surface area contributed by atoms with Crippen LogP contribution in [0, 0.1) is 0 Å². The number of likely N-dealkylation sites (tertiary alicyclic amines) is 1. The molecule has 3 aromatic rings. The first-order chi connectivity index (χ1) is 17.6.